The number of benzene rings is 2. The van der Waals surface area contributed by atoms with E-state index < -0.39 is 6.10 Å². The molecular formula is C24H30FN3O4. The third kappa shape index (κ3) is 6.37. The summed E-state index contributed by atoms with van der Waals surface area (Å²) in [6.07, 6.45) is -0.643. The van der Waals surface area contributed by atoms with Gasteiger partial charge >= 0.3 is 0 Å². The number of aromatic nitrogens is 2. The summed E-state index contributed by atoms with van der Waals surface area (Å²) in [7, 11) is 5.02. The first-order valence-electron chi connectivity index (χ1n) is 10.4. The maximum Gasteiger partial charge on any atom is 0.222 e. The average Bonchev–Trinajstić information content (AvgIpc) is 3.09. The minimum Gasteiger partial charge on any atom is -0.439 e. The van der Waals surface area contributed by atoms with Crippen molar-refractivity contribution in [1.82, 2.24) is 14.7 Å². The molecule has 0 aliphatic rings. The van der Waals surface area contributed by atoms with Crippen LogP contribution in [-0.2, 0) is 23.1 Å². The van der Waals surface area contributed by atoms with Crippen molar-refractivity contribution in [1.29, 1.82) is 0 Å². The van der Waals surface area contributed by atoms with Gasteiger partial charge in [0, 0.05) is 46.5 Å². The SMILES string of the molecule is COCCN(Cc1c(-c2ccccc2)nn(C)c1Oc1ccc(F)cc1)C[C@@H](O)COC. The first kappa shape index (κ1) is 23.9. The van der Waals surface area contributed by atoms with E-state index in [1.807, 2.05) is 37.4 Å². The molecule has 0 radical (unpaired) electrons. The molecule has 0 bridgehead atoms. The fourth-order valence-electron chi connectivity index (χ4n) is 3.49. The van der Waals surface area contributed by atoms with E-state index in [0.29, 0.717) is 37.9 Å². The van der Waals surface area contributed by atoms with Gasteiger partial charge in [-0.25, -0.2) is 9.07 Å². The fourth-order valence-corrected chi connectivity index (χ4v) is 3.49. The van der Waals surface area contributed by atoms with Crippen molar-refractivity contribution >= 4 is 0 Å². The van der Waals surface area contributed by atoms with Gasteiger partial charge in [0.2, 0.25) is 5.88 Å². The quantitative estimate of drug-likeness (QED) is 0.462. The van der Waals surface area contributed by atoms with Gasteiger partial charge in [0.05, 0.1) is 24.9 Å². The number of hydrogen-bond acceptors (Lipinski definition) is 6. The van der Waals surface area contributed by atoms with Crippen LogP contribution in [0.1, 0.15) is 5.56 Å². The number of nitrogens with zero attached hydrogens (tertiary/aromatic N) is 3. The minimum atomic E-state index is -0.643. The molecule has 7 nitrogen and oxygen atoms in total. The standard InChI is InChI=1S/C24H30FN3O4/c1-27-24(32-21-11-9-19(25)10-12-21)22(23(26-27)18-7-5-4-6-8-18)16-28(13-14-30-2)15-20(29)17-31-3/h4-12,20,29H,13-17H2,1-3H3/t20-/m1/s1. The van der Waals surface area contributed by atoms with Gasteiger partial charge in [-0.3, -0.25) is 4.90 Å². The van der Waals surface area contributed by atoms with Gasteiger partial charge in [-0.05, 0) is 24.3 Å². The molecule has 0 saturated carbocycles. The molecule has 0 amide bonds. The van der Waals surface area contributed by atoms with Crippen LogP contribution < -0.4 is 4.74 Å². The summed E-state index contributed by atoms with van der Waals surface area (Å²) in [5, 5.41) is 15.0. The summed E-state index contributed by atoms with van der Waals surface area (Å²) in [4.78, 5) is 2.08. The van der Waals surface area contributed by atoms with E-state index in [-0.39, 0.29) is 12.4 Å². The Morgan fingerprint density at radius 3 is 2.44 bits per heavy atom. The van der Waals surface area contributed by atoms with E-state index in [2.05, 4.69) is 4.90 Å². The predicted molar refractivity (Wildman–Crippen MR) is 120 cm³/mol. The Bertz CT molecular complexity index is 963. The zero-order valence-electron chi connectivity index (χ0n) is 18.7. The lowest BCUT2D eigenvalue weighted by atomic mass is 10.1. The second kappa shape index (κ2) is 11.7. The van der Waals surface area contributed by atoms with Crippen LogP contribution in [0.2, 0.25) is 0 Å². The number of aryl methyl sites for hydroxylation is 1. The van der Waals surface area contributed by atoms with E-state index in [9.17, 15) is 9.50 Å². The summed E-state index contributed by atoms with van der Waals surface area (Å²) in [6.45, 7) is 2.22. The second-order valence-electron chi connectivity index (χ2n) is 7.52. The molecule has 0 unspecified atom stereocenters. The van der Waals surface area contributed by atoms with Crippen molar-refractivity contribution < 1.29 is 23.7 Å². The molecule has 172 valence electrons. The van der Waals surface area contributed by atoms with Gasteiger partial charge in [0.15, 0.2) is 0 Å². The van der Waals surface area contributed by atoms with Crippen LogP contribution >= 0.6 is 0 Å². The number of methoxy groups -OCH3 is 2. The lowest BCUT2D eigenvalue weighted by Gasteiger charge is -2.25. The van der Waals surface area contributed by atoms with Crippen molar-refractivity contribution in [3.63, 3.8) is 0 Å². The van der Waals surface area contributed by atoms with Gasteiger partial charge in [0.1, 0.15) is 17.3 Å². The van der Waals surface area contributed by atoms with E-state index in [4.69, 9.17) is 19.3 Å². The van der Waals surface area contributed by atoms with E-state index in [1.54, 1.807) is 31.0 Å². The molecule has 0 fully saturated rings. The summed E-state index contributed by atoms with van der Waals surface area (Å²) in [5.41, 5.74) is 2.61. The molecule has 2 aromatic carbocycles. The largest absolute Gasteiger partial charge is 0.439 e. The Morgan fingerprint density at radius 1 is 1.06 bits per heavy atom. The number of aliphatic hydroxyl groups is 1. The zero-order valence-corrected chi connectivity index (χ0v) is 18.7. The minimum absolute atomic E-state index is 0.237. The Hall–Kier alpha value is -2.78. The number of ether oxygens (including phenoxy) is 3. The molecular weight excluding hydrogens is 413 g/mol. The topological polar surface area (TPSA) is 69.0 Å². The summed E-state index contributed by atoms with van der Waals surface area (Å²) in [5.74, 6) is 0.739. The molecule has 1 atom stereocenters. The highest BCUT2D eigenvalue weighted by Gasteiger charge is 2.23. The summed E-state index contributed by atoms with van der Waals surface area (Å²) >= 11 is 0. The molecule has 0 spiro atoms. The second-order valence-corrected chi connectivity index (χ2v) is 7.52. The monoisotopic (exact) mass is 443 g/mol. The lowest BCUT2D eigenvalue weighted by Crippen LogP contribution is -2.36. The molecule has 0 aliphatic heterocycles. The van der Waals surface area contributed by atoms with Crippen LogP contribution in [-0.4, -0.2) is 66.4 Å². The molecule has 1 aromatic heterocycles. The lowest BCUT2D eigenvalue weighted by molar-refractivity contribution is 0.0292. The van der Waals surface area contributed by atoms with Crippen molar-refractivity contribution in [2.45, 2.75) is 12.6 Å². The molecule has 0 aliphatic carbocycles. The van der Waals surface area contributed by atoms with Gasteiger partial charge < -0.3 is 19.3 Å². The molecule has 8 heteroatoms. The van der Waals surface area contributed by atoms with Crippen molar-refractivity contribution in [3.8, 4) is 22.9 Å². The highest BCUT2D eigenvalue weighted by molar-refractivity contribution is 5.65. The van der Waals surface area contributed by atoms with Crippen LogP contribution in [0, 0.1) is 5.82 Å². The first-order valence-corrected chi connectivity index (χ1v) is 10.4. The normalized spacial score (nSPS) is 12.3. The highest BCUT2D eigenvalue weighted by Crippen LogP contribution is 2.34. The Balaban J connectivity index is 1.98. The van der Waals surface area contributed by atoms with Crippen molar-refractivity contribution in [2.75, 3.05) is 40.5 Å². The van der Waals surface area contributed by atoms with Gasteiger partial charge in [-0.2, -0.15) is 5.10 Å². The van der Waals surface area contributed by atoms with E-state index in [1.165, 1.54) is 12.1 Å². The predicted octanol–water partition coefficient (Wildman–Crippen LogP) is 3.47. The molecule has 3 rings (SSSR count). The zero-order chi connectivity index (χ0) is 22.9. The van der Waals surface area contributed by atoms with Gasteiger partial charge in [0.25, 0.3) is 0 Å². The maximum atomic E-state index is 13.4. The first-order chi connectivity index (χ1) is 15.5. The van der Waals surface area contributed by atoms with Crippen molar-refractivity contribution in [2.24, 2.45) is 7.05 Å². The fraction of sp³-hybridized carbons (Fsp3) is 0.375. The van der Waals surface area contributed by atoms with Crippen LogP contribution in [0.25, 0.3) is 11.3 Å². The van der Waals surface area contributed by atoms with Gasteiger partial charge in [-0.1, -0.05) is 30.3 Å². The Morgan fingerprint density at radius 2 is 1.78 bits per heavy atom. The number of halogens is 1. The summed E-state index contributed by atoms with van der Waals surface area (Å²) in [6, 6.07) is 15.7. The van der Waals surface area contributed by atoms with Crippen LogP contribution in [0.5, 0.6) is 11.6 Å². The van der Waals surface area contributed by atoms with Gasteiger partial charge in [-0.15, -0.1) is 0 Å². The number of aliphatic hydroxyl groups excluding tert-OH is 1. The third-order valence-corrected chi connectivity index (χ3v) is 4.98. The highest BCUT2D eigenvalue weighted by atomic mass is 19.1. The summed E-state index contributed by atoms with van der Waals surface area (Å²) < 4.78 is 31.5. The number of rotatable bonds is 12. The Labute approximate surface area is 187 Å². The Kier molecular flexibility index (Phi) is 8.75. The average molecular weight is 444 g/mol. The molecule has 3 aromatic rings. The molecule has 0 saturated heterocycles. The molecule has 32 heavy (non-hydrogen) atoms. The van der Waals surface area contributed by atoms with E-state index in [0.717, 1.165) is 16.8 Å². The smallest absolute Gasteiger partial charge is 0.222 e. The maximum absolute atomic E-state index is 13.4. The van der Waals surface area contributed by atoms with Crippen LogP contribution in [0.15, 0.2) is 54.6 Å². The molecule has 1 N–H and O–H groups in total. The third-order valence-electron chi connectivity index (χ3n) is 4.98. The number of hydrogen-bond donors (Lipinski definition) is 1. The van der Waals surface area contributed by atoms with E-state index >= 15 is 0 Å². The van der Waals surface area contributed by atoms with Crippen LogP contribution in [0.4, 0.5) is 4.39 Å². The van der Waals surface area contributed by atoms with Crippen LogP contribution in [0.3, 0.4) is 0 Å². The molecule has 1 heterocycles. The van der Waals surface area contributed by atoms with Crippen molar-refractivity contribution in [3.05, 3.63) is 66.0 Å².